The minimum absolute atomic E-state index is 1.19. The normalized spacial score (nSPS) is 9.64. The number of nitrogens with zero attached hydrogens (tertiary/aromatic N) is 1. The molecule has 0 aromatic heterocycles. The topological polar surface area (TPSA) is 12.4 Å². The Balaban J connectivity index is 3.01. The van der Waals surface area contributed by atoms with Gasteiger partial charge in [-0.15, -0.1) is 0 Å². The second kappa shape index (κ2) is 3.58. The third kappa shape index (κ3) is 2.09. The smallest absolute Gasteiger partial charge is 0.0337 e. The minimum Gasteiger partial charge on any atom is -0.227 e. The Morgan fingerprint density at radius 3 is 2.73 bits per heavy atom. The summed E-state index contributed by atoms with van der Waals surface area (Å²) in [6.45, 7) is 7.59. The second-order valence-corrected chi connectivity index (χ2v) is 3.37. The molecule has 0 atom stereocenters. The summed E-state index contributed by atoms with van der Waals surface area (Å²) in [7, 11) is 0. The van der Waals surface area contributed by atoms with E-state index in [-0.39, 0.29) is 0 Å². The zero-order valence-electron chi connectivity index (χ0n) is 6.79. The van der Waals surface area contributed by atoms with Gasteiger partial charge in [-0.05, 0) is 37.8 Å². The molecule has 0 fully saturated rings. The molecule has 11 heavy (non-hydrogen) atoms. The van der Waals surface area contributed by atoms with E-state index in [1.165, 1.54) is 28.0 Å². The molecule has 1 rings (SSSR count). The van der Waals surface area contributed by atoms with Gasteiger partial charge in [0, 0.05) is 16.8 Å². The number of aryl methyl sites for hydroxylation is 2. The van der Waals surface area contributed by atoms with Gasteiger partial charge in [0.15, 0.2) is 0 Å². The van der Waals surface area contributed by atoms with Crippen molar-refractivity contribution in [3.05, 3.63) is 29.3 Å². The molecular formula is C9H11NS. The molecular weight excluding hydrogens is 154 g/mol. The third-order valence-electron chi connectivity index (χ3n) is 1.51. The largest absolute Gasteiger partial charge is 0.227 e. The fraction of sp³-hybridized carbons (Fsp3) is 0.222. The Morgan fingerprint density at radius 2 is 2.09 bits per heavy atom. The predicted molar refractivity (Wildman–Crippen MR) is 51.3 cm³/mol. The van der Waals surface area contributed by atoms with Gasteiger partial charge >= 0.3 is 0 Å². The maximum absolute atomic E-state index is 3.77. The average Bonchev–Trinajstić information content (AvgIpc) is 1.98. The summed E-state index contributed by atoms with van der Waals surface area (Å²) < 4.78 is 3.77. The SMILES string of the molecule is C=NSc1cc(C)ccc1C. The predicted octanol–water partition coefficient (Wildman–Crippen LogP) is 3.01. The molecule has 2 heteroatoms. The Bertz CT molecular complexity index is 268. The minimum atomic E-state index is 1.19. The molecule has 0 N–H and O–H groups in total. The van der Waals surface area contributed by atoms with Crippen LogP contribution >= 0.6 is 11.9 Å². The molecule has 58 valence electrons. The molecule has 0 aliphatic rings. The number of rotatable bonds is 2. The summed E-state index contributed by atoms with van der Waals surface area (Å²) in [5, 5.41) is 0. The molecule has 1 nitrogen and oxygen atoms in total. The van der Waals surface area contributed by atoms with Crippen molar-refractivity contribution in [1.82, 2.24) is 0 Å². The molecule has 1 aromatic carbocycles. The summed E-state index contributed by atoms with van der Waals surface area (Å²) >= 11 is 1.43. The first-order valence-corrected chi connectivity index (χ1v) is 4.21. The molecule has 0 aliphatic heterocycles. The Morgan fingerprint density at radius 1 is 1.36 bits per heavy atom. The van der Waals surface area contributed by atoms with Crippen molar-refractivity contribution >= 4 is 18.7 Å². The van der Waals surface area contributed by atoms with Crippen molar-refractivity contribution in [2.24, 2.45) is 4.40 Å². The van der Waals surface area contributed by atoms with E-state index in [1.54, 1.807) is 0 Å². The van der Waals surface area contributed by atoms with E-state index < -0.39 is 0 Å². The third-order valence-corrected chi connectivity index (χ3v) is 2.27. The Hall–Kier alpha value is -0.760. The quantitative estimate of drug-likeness (QED) is 0.484. The molecule has 0 unspecified atom stereocenters. The van der Waals surface area contributed by atoms with Crippen molar-refractivity contribution in [2.75, 3.05) is 0 Å². The average molecular weight is 165 g/mol. The van der Waals surface area contributed by atoms with E-state index in [9.17, 15) is 0 Å². The van der Waals surface area contributed by atoms with Crippen molar-refractivity contribution in [3.8, 4) is 0 Å². The van der Waals surface area contributed by atoms with E-state index in [1.807, 2.05) is 0 Å². The van der Waals surface area contributed by atoms with Crippen LogP contribution in [0, 0.1) is 13.8 Å². The van der Waals surface area contributed by atoms with Crippen LogP contribution in [0.15, 0.2) is 27.5 Å². The fourth-order valence-electron chi connectivity index (χ4n) is 0.875. The summed E-state index contributed by atoms with van der Waals surface area (Å²) in [5.74, 6) is 0. The summed E-state index contributed by atoms with van der Waals surface area (Å²) in [5.41, 5.74) is 2.52. The van der Waals surface area contributed by atoms with E-state index >= 15 is 0 Å². The lowest BCUT2D eigenvalue weighted by molar-refractivity contribution is 1.26. The van der Waals surface area contributed by atoms with Gasteiger partial charge in [-0.3, -0.25) is 0 Å². The first-order valence-electron chi connectivity index (χ1n) is 3.44. The van der Waals surface area contributed by atoms with Crippen molar-refractivity contribution in [3.63, 3.8) is 0 Å². The summed E-state index contributed by atoms with van der Waals surface area (Å²) in [6.07, 6.45) is 0. The lowest BCUT2D eigenvalue weighted by Gasteiger charge is -2.01. The first-order chi connectivity index (χ1) is 5.24. The van der Waals surface area contributed by atoms with Crippen LogP contribution in [0.3, 0.4) is 0 Å². The molecule has 0 radical (unpaired) electrons. The van der Waals surface area contributed by atoms with E-state index in [2.05, 4.69) is 43.2 Å². The van der Waals surface area contributed by atoms with Gasteiger partial charge in [0.05, 0.1) is 0 Å². The van der Waals surface area contributed by atoms with Crippen molar-refractivity contribution in [1.29, 1.82) is 0 Å². The van der Waals surface area contributed by atoms with Gasteiger partial charge in [0.1, 0.15) is 0 Å². The van der Waals surface area contributed by atoms with Gasteiger partial charge in [-0.2, -0.15) is 0 Å². The number of benzene rings is 1. The maximum Gasteiger partial charge on any atom is 0.0337 e. The highest BCUT2D eigenvalue weighted by atomic mass is 32.2. The summed E-state index contributed by atoms with van der Waals surface area (Å²) in [4.78, 5) is 1.19. The lowest BCUT2D eigenvalue weighted by Crippen LogP contribution is -1.79. The van der Waals surface area contributed by atoms with Crippen LogP contribution in [0.25, 0.3) is 0 Å². The molecule has 1 aromatic rings. The lowest BCUT2D eigenvalue weighted by atomic mass is 10.2. The Labute approximate surface area is 71.7 Å². The van der Waals surface area contributed by atoms with Crippen LogP contribution in [-0.2, 0) is 0 Å². The van der Waals surface area contributed by atoms with Gasteiger partial charge in [-0.1, -0.05) is 12.1 Å². The van der Waals surface area contributed by atoms with Crippen LogP contribution in [-0.4, -0.2) is 6.72 Å². The van der Waals surface area contributed by atoms with Gasteiger partial charge in [0.25, 0.3) is 0 Å². The summed E-state index contributed by atoms with van der Waals surface area (Å²) in [6, 6.07) is 6.32. The molecule has 0 spiro atoms. The highest BCUT2D eigenvalue weighted by Gasteiger charge is 1.96. The highest BCUT2D eigenvalue weighted by molar-refractivity contribution is 7.98. The Kier molecular flexibility index (Phi) is 2.71. The zero-order chi connectivity index (χ0) is 8.27. The zero-order valence-corrected chi connectivity index (χ0v) is 7.61. The first kappa shape index (κ1) is 8.34. The molecule has 0 amide bonds. The van der Waals surface area contributed by atoms with E-state index in [4.69, 9.17) is 0 Å². The van der Waals surface area contributed by atoms with Crippen LogP contribution < -0.4 is 0 Å². The number of hydrogen-bond acceptors (Lipinski definition) is 2. The van der Waals surface area contributed by atoms with Crippen molar-refractivity contribution < 1.29 is 0 Å². The fourth-order valence-corrected chi connectivity index (χ4v) is 1.46. The van der Waals surface area contributed by atoms with Gasteiger partial charge in [-0.25, -0.2) is 4.40 Å². The van der Waals surface area contributed by atoms with Crippen LogP contribution in [0.5, 0.6) is 0 Å². The van der Waals surface area contributed by atoms with E-state index in [0.717, 1.165) is 0 Å². The number of hydrogen-bond donors (Lipinski definition) is 0. The maximum atomic E-state index is 3.77. The molecule has 0 bridgehead atoms. The van der Waals surface area contributed by atoms with Gasteiger partial charge < -0.3 is 0 Å². The highest BCUT2D eigenvalue weighted by Crippen LogP contribution is 2.23. The molecule has 0 saturated carbocycles. The molecule has 0 heterocycles. The van der Waals surface area contributed by atoms with E-state index in [0.29, 0.717) is 0 Å². The molecule has 0 saturated heterocycles. The van der Waals surface area contributed by atoms with Crippen LogP contribution in [0.1, 0.15) is 11.1 Å². The van der Waals surface area contributed by atoms with Gasteiger partial charge in [0.2, 0.25) is 0 Å². The van der Waals surface area contributed by atoms with Crippen LogP contribution in [0.4, 0.5) is 0 Å². The second-order valence-electron chi connectivity index (χ2n) is 2.49. The van der Waals surface area contributed by atoms with Crippen molar-refractivity contribution in [2.45, 2.75) is 18.7 Å². The van der Waals surface area contributed by atoms with Crippen LogP contribution in [0.2, 0.25) is 0 Å². The molecule has 0 aliphatic carbocycles. The monoisotopic (exact) mass is 165 g/mol. The standard InChI is InChI=1S/C9H11NS/c1-7-4-5-8(2)9(6-7)11-10-3/h4-6H,3H2,1-2H3.